The third-order valence-corrected chi connectivity index (χ3v) is 2.85. The van der Waals surface area contributed by atoms with E-state index in [1.807, 2.05) is 20.8 Å². The first kappa shape index (κ1) is 17.6. The molecule has 1 rings (SSSR count). The molecule has 7 heteroatoms. The second-order valence-electron chi connectivity index (χ2n) is 5.11. The maximum Gasteiger partial charge on any atom is 0.255 e. The minimum absolute atomic E-state index is 0.0923. The Bertz CT molecular complexity index is 429. The molecule has 0 spiro atoms. The number of hydrogen-bond donors (Lipinski definition) is 2. The molecular weight excluding hydrogens is 278 g/mol. The number of anilines is 2. The summed E-state index contributed by atoms with van der Waals surface area (Å²) in [5.41, 5.74) is 0. The van der Waals surface area contributed by atoms with E-state index in [4.69, 9.17) is 5.11 Å². The van der Waals surface area contributed by atoms with Gasteiger partial charge in [0.15, 0.2) is 0 Å². The molecule has 0 aliphatic heterocycles. The van der Waals surface area contributed by atoms with Crippen LogP contribution in [-0.4, -0.2) is 47.7 Å². The van der Waals surface area contributed by atoms with Crippen LogP contribution in [0.4, 0.5) is 20.4 Å². The molecule has 0 saturated heterocycles. The van der Waals surface area contributed by atoms with Crippen molar-refractivity contribution in [2.24, 2.45) is 0 Å². The minimum atomic E-state index is -2.49. The molecule has 0 aromatic carbocycles. The average molecular weight is 302 g/mol. The molecule has 0 atom stereocenters. The van der Waals surface area contributed by atoms with Crippen LogP contribution in [-0.2, 0) is 0 Å². The van der Waals surface area contributed by atoms with Crippen LogP contribution in [0, 0.1) is 0 Å². The van der Waals surface area contributed by atoms with Crippen LogP contribution in [0.1, 0.15) is 38.9 Å². The number of aromatic nitrogens is 2. The summed E-state index contributed by atoms with van der Waals surface area (Å²) >= 11 is 0. The maximum atomic E-state index is 12.7. The summed E-state index contributed by atoms with van der Waals surface area (Å²) < 4.78 is 25.3. The highest BCUT2D eigenvalue weighted by Gasteiger charge is 2.16. The molecule has 21 heavy (non-hydrogen) atoms. The number of alkyl halides is 2. The fraction of sp³-hybridized carbons (Fsp3) is 0.714. The van der Waals surface area contributed by atoms with E-state index < -0.39 is 13.0 Å². The lowest BCUT2D eigenvalue weighted by atomic mass is 10.2. The quantitative estimate of drug-likeness (QED) is 0.734. The summed E-state index contributed by atoms with van der Waals surface area (Å²) in [4.78, 5) is 10.1. The Morgan fingerprint density at radius 1 is 1.33 bits per heavy atom. The van der Waals surface area contributed by atoms with Crippen molar-refractivity contribution in [3.8, 4) is 0 Å². The summed E-state index contributed by atoms with van der Waals surface area (Å²) in [6.45, 7) is 6.15. The smallest absolute Gasteiger partial charge is 0.255 e. The van der Waals surface area contributed by atoms with E-state index >= 15 is 0 Å². The van der Waals surface area contributed by atoms with E-state index in [0.29, 0.717) is 17.5 Å². The van der Waals surface area contributed by atoms with Crippen LogP contribution in [0.25, 0.3) is 0 Å². The standard InChI is InChI=1S/C14H24F2N4O/c1-4-5-17-12-8-13(19-14(18-12)10(2)3)20(6-7-21)9-11(15)16/h8,10-11,21H,4-7,9H2,1-3H3,(H,17,18,19). The lowest BCUT2D eigenvalue weighted by molar-refractivity contribution is 0.152. The summed E-state index contributed by atoms with van der Waals surface area (Å²) in [6.07, 6.45) is -1.55. The van der Waals surface area contributed by atoms with Gasteiger partial charge in [-0.1, -0.05) is 20.8 Å². The summed E-state index contributed by atoms with van der Waals surface area (Å²) in [5, 5.41) is 12.2. The van der Waals surface area contributed by atoms with Crippen LogP contribution < -0.4 is 10.2 Å². The lowest BCUT2D eigenvalue weighted by Gasteiger charge is -2.23. The van der Waals surface area contributed by atoms with Crippen LogP contribution in [0.3, 0.4) is 0 Å². The van der Waals surface area contributed by atoms with Crippen molar-refractivity contribution in [3.63, 3.8) is 0 Å². The highest BCUT2D eigenvalue weighted by molar-refractivity contribution is 5.49. The number of rotatable bonds is 9. The Morgan fingerprint density at radius 3 is 2.57 bits per heavy atom. The molecule has 1 aromatic rings. The van der Waals surface area contributed by atoms with Gasteiger partial charge < -0.3 is 15.3 Å². The number of aliphatic hydroxyl groups is 1. The average Bonchev–Trinajstić information content (AvgIpc) is 2.43. The Labute approximate surface area is 124 Å². The maximum absolute atomic E-state index is 12.7. The van der Waals surface area contributed by atoms with Gasteiger partial charge >= 0.3 is 0 Å². The van der Waals surface area contributed by atoms with Gasteiger partial charge in [-0.25, -0.2) is 18.7 Å². The highest BCUT2D eigenvalue weighted by atomic mass is 19.3. The van der Waals surface area contributed by atoms with E-state index in [0.717, 1.165) is 13.0 Å². The van der Waals surface area contributed by atoms with Gasteiger partial charge in [-0.15, -0.1) is 0 Å². The van der Waals surface area contributed by atoms with Crippen molar-refractivity contribution in [1.29, 1.82) is 0 Å². The molecule has 0 radical (unpaired) electrons. The molecule has 120 valence electrons. The molecule has 2 N–H and O–H groups in total. The van der Waals surface area contributed by atoms with Crippen LogP contribution in [0.5, 0.6) is 0 Å². The number of halogens is 2. The van der Waals surface area contributed by atoms with Crippen LogP contribution >= 0.6 is 0 Å². The van der Waals surface area contributed by atoms with Gasteiger partial charge in [0, 0.05) is 25.1 Å². The Morgan fingerprint density at radius 2 is 2.05 bits per heavy atom. The molecule has 5 nitrogen and oxygen atoms in total. The number of nitrogens with zero attached hydrogens (tertiary/aromatic N) is 3. The molecule has 0 aliphatic rings. The van der Waals surface area contributed by atoms with Gasteiger partial charge in [0.2, 0.25) is 0 Å². The van der Waals surface area contributed by atoms with Crippen molar-refractivity contribution in [3.05, 3.63) is 11.9 Å². The molecule has 1 aromatic heterocycles. The largest absolute Gasteiger partial charge is 0.395 e. The van der Waals surface area contributed by atoms with Crippen molar-refractivity contribution >= 4 is 11.6 Å². The zero-order chi connectivity index (χ0) is 15.8. The third kappa shape index (κ3) is 5.79. The predicted octanol–water partition coefficient (Wildman–Crippen LogP) is 2.49. The van der Waals surface area contributed by atoms with Crippen molar-refractivity contribution in [2.45, 2.75) is 39.5 Å². The first-order chi connectivity index (χ1) is 9.97. The number of aliphatic hydroxyl groups excluding tert-OH is 1. The van der Waals surface area contributed by atoms with Gasteiger partial charge in [0.25, 0.3) is 6.43 Å². The zero-order valence-corrected chi connectivity index (χ0v) is 12.8. The van der Waals surface area contributed by atoms with E-state index in [9.17, 15) is 8.78 Å². The van der Waals surface area contributed by atoms with Crippen molar-refractivity contribution in [2.75, 3.05) is 36.5 Å². The normalized spacial score (nSPS) is 11.2. The zero-order valence-electron chi connectivity index (χ0n) is 12.8. The van der Waals surface area contributed by atoms with E-state index in [1.54, 1.807) is 6.07 Å². The van der Waals surface area contributed by atoms with Gasteiger partial charge in [-0.3, -0.25) is 0 Å². The lowest BCUT2D eigenvalue weighted by Crippen LogP contribution is -2.32. The fourth-order valence-electron chi connectivity index (χ4n) is 1.80. The van der Waals surface area contributed by atoms with E-state index in [-0.39, 0.29) is 19.1 Å². The molecule has 0 bridgehead atoms. The molecule has 1 heterocycles. The van der Waals surface area contributed by atoms with Crippen LogP contribution in [0.15, 0.2) is 6.07 Å². The van der Waals surface area contributed by atoms with Gasteiger partial charge in [0.1, 0.15) is 17.5 Å². The SMILES string of the molecule is CCCNc1cc(N(CCO)CC(F)F)nc(C(C)C)n1. The Kier molecular flexibility index (Phi) is 7.28. The second-order valence-corrected chi connectivity index (χ2v) is 5.11. The predicted molar refractivity (Wildman–Crippen MR) is 80.2 cm³/mol. The Hall–Kier alpha value is -1.50. The molecule has 0 unspecified atom stereocenters. The summed E-state index contributed by atoms with van der Waals surface area (Å²) in [5.74, 6) is 1.74. The molecule has 0 saturated carbocycles. The van der Waals surface area contributed by atoms with E-state index in [2.05, 4.69) is 15.3 Å². The molecule has 0 aliphatic carbocycles. The monoisotopic (exact) mass is 302 g/mol. The van der Waals surface area contributed by atoms with Crippen molar-refractivity contribution < 1.29 is 13.9 Å². The van der Waals surface area contributed by atoms with Gasteiger partial charge in [0.05, 0.1) is 13.2 Å². The first-order valence-electron chi connectivity index (χ1n) is 7.24. The van der Waals surface area contributed by atoms with E-state index in [1.165, 1.54) is 4.90 Å². The summed E-state index contributed by atoms with van der Waals surface area (Å²) in [6, 6.07) is 1.65. The topological polar surface area (TPSA) is 61.3 Å². The third-order valence-electron chi connectivity index (χ3n) is 2.85. The highest BCUT2D eigenvalue weighted by Crippen LogP contribution is 2.20. The molecule has 0 amide bonds. The summed E-state index contributed by atoms with van der Waals surface area (Å²) in [7, 11) is 0. The number of hydrogen-bond acceptors (Lipinski definition) is 5. The van der Waals surface area contributed by atoms with Crippen molar-refractivity contribution in [1.82, 2.24) is 9.97 Å². The minimum Gasteiger partial charge on any atom is -0.395 e. The molecule has 0 fully saturated rings. The fourth-order valence-corrected chi connectivity index (χ4v) is 1.80. The molecular formula is C14H24F2N4O. The first-order valence-corrected chi connectivity index (χ1v) is 7.24. The van der Waals surface area contributed by atoms with Gasteiger partial charge in [-0.05, 0) is 6.42 Å². The van der Waals surface area contributed by atoms with Crippen LogP contribution in [0.2, 0.25) is 0 Å². The number of nitrogens with one attached hydrogen (secondary N) is 1. The Balaban J connectivity index is 3.08. The second kappa shape index (κ2) is 8.71. The van der Waals surface area contributed by atoms with Gasteiger partial charge in [-0.2, -0.15) is 0 Å².